The summed E-state index contributed by atoms with van der Waals surface area (Å²) in [7, 11) is 1.63. The van der Waals surface area contributed by atoms with Gasteiger partial charge in [0.25, 0.3) is 0 Å². The van der Waals surface area contributed by atoms with Crippen molar-refractivity contribution in [1.29, 1.82) is 0 Å². The van der Waals surface area contributed by atoms with E-state index in [-0.39, 0.29) is 36.6 Å². The first kappa shape index (κ1) is 17.7. The maximum absolute atomic E-state index is 12.7. The third-order valence-corrected chi connectivity index (χ3v) is 5.26. The summed E-state index contributed by atoms with van der Waals surface area (Å²) < 4.78 is 10.8. The zero-order chi connectivity index (χ0) is 18.8. The van der Waals surface area contributed by atoms with Crippen LogP contribution in [0, 0.1) is 17.8 Å². The number of urea groups is 1. The number of likely N-dealkylation sites (tertiary alicyclic amines) is 2. The molecule has 4 rings (SSSR count). The molecule has 0 spiro atoms. The molecule has 7 heteroatoms. The summed E-state index contributed by atoms with van der Waals surface area (Å²) >= 11 is 0. The van der Waals surface area contributed by atoms with E-state index in [1.807, 2.05) is 29.2 Å². The lowest BCUT2D eigenvalue weighted by atomic mass is 9.98. The molecule has 7 nitrogen and oxygen atoms in total. The quantitative estimate of drug-likeness (QED) is 0.740. The van der Waals surface area contributed by atoms with E-state index >= 15 is 0 Å². The maximum Gasteiger partial charge on any atom is 0.320 e. The average molecular weight is 369 g/mol. The fourth-order valence-electron chi connectivity index (χ4n) is 3.73. The van der Waals surface area contributed by atoms with Crippen LogP contribution in [0.4, 0.5) is 4.79 Å². The average Bonchev–Trinajstić information content (AvgIpc) is 2.66. The molecule has 2 atom stereocenters. The number of ether oxygens (including phenoxy) is 2. The van der Waals surface area contributed by atoms with Gasteiger partial charge in [0.2, 0.25) is 5.91 Å². The Kier molecular flexibility index (Phi) is 4.90. The van der Waals surface area contributed by atoms with E-state index in [0.717, 1.165) is 17.7 Å². The second-order valence-corrected chi connectivity index (χ2v) is 7.11. The van der Waals surface area contributed by atoms with Crippen LogP contribution in [0.5, 0.6) is 5.75 Å². The Morgan fingerprint density at radius 3 is 2.89 bits per heavy atom. The maximum atomic E-state index is 12.7. The SMILES string of the molecule is COc1ccccc1C#CC1CN(C(=O)N2CC[C@@H]3OCC(=O)N[C@@H]3C2)C1. The molecular weight excluding hydrogens is 346 g/mol. The molecule has 142 valence electrons. The highest BCUT2D eigenvalue weighted by Crippen LogP contribution is 2.23. The number of benzene rings is 1. The third-order valence-electron chi connectivity index (χ3n) is 5.26. The van der Waals surface area contributed by atoms with Crippen LogP contribution in [-0.4, -0.2) is 73.8 Å². The molecule has 1 aromatic carbocycles. The van der Waals surface area contributed by atoms with Crippen LogP contribution in [-0.2, 0) is 9.53 Å². The molecule has 3 aliphatic rings. The fraction of sp³-hybridized carbons (Fsp3) is 0.500. The molecule has 0 saturated carbocycles. The number of carbonyl (C=O) groups excluding carboxylic acids is 2. The Labute approximate surface area is 158 Å². The summed E-state index contributed by atoms with van der Waals surface area (Å²) in [5.41, 5.74) is 0.861. The zero-order valence-electron chi connectivity index (χ0n) is 15.3. The van der Waals surface area contributed by atoms with E-state index in [2.05, 4.69) is 17.2 Å². The van der Waals surface area contributed by atoms with Gasteiger partial charge in [0.05, 0.1) is 30.7 Å². The molecular formula is C20H23N3O4. The van der Waals surface area contributed by atoms with Crippen LogP contribution >= 0.6 is 0 Å². The Balaban J connectivity index is 1.30. The van der Waals surface area contributed by atoms with Gasteiger partial charge in [0.1, 0.15) is 12.4 Å². The highest BCUT2D eigenvalue weighted by Gasteiger charge is 2.39. The number of methoxy groups -OCH3 is 1. The molecule has 3 saturated heterocycles. The van der Waals surface area contributed by atoms with Crippen molar-refractivity contribution in [3.63, 3.8) is 0 Å². The summed E-state index contributed by atoms with van der Waals surface area (Å²) in [5.74, 6) is 7.21. The lowest BCUT2D eigenvalue weighted by Gasteiger charge is -2.45. The number of nitrogens with zero attached hydrogens (tertiary/aromatic N) is 2. The van der Waals surface area contributed by atoms with Gasteiger partial charge in [-0.1, -0.05) is 24.0 Å². The highest BCUT2D eigenvalue weighted by atomic mass is 16.5. The summed E-state index contributed by atoms with van der Waals surface area (Å²) in [4.78, 5) is 27.8. The number of nitrogens with one attached hydrogen (secondary N) is 1. The van der Waals surface area contributed by atoms with Crippen LogP contribution in [0.3, 0.4) is 0 Å². The van der Waals surface area contributed by atoms with Gasteiger partial charge in [-0.05, 0) is 18.6 Å². The van der Waals surface area contributed by atoms with Gasteiger partial charge < -0.3 is 24.6 Å². The fourth-order valence-corrected chi connectivity index (χ4v) is 3.73. The first-order chi connectivity index (χ1) is 13.1. The van der Waals surface area contributed by atoms with E-state index in [1.54, 1.807) is 12.0 Å². The van der Waals surface area contributed by atoms with E-state index in [0.29, 0.717) is 26.2 Å². The first-order valence-electron chi connectivity index (χ1n) is 9.23. The number of carbonyl (C=O) groups is 2. The highest BCUT2D eigenvalue weighted by molar-refractivity contribution is 5.79. The minimum atomic E-state index is -0.110. The monoisotopic (exact) mass is 369 g/mol. The van der Waals surface area contributed by atoms with Crippen molar-refractivity contribution in [2.24, 2.45) is 5.92 Å². The summed E-state index contributed by atoms with van der Waals surface area (Å²) in [5, 5.41) is 2.93. The molecule has 3 aliphatic heterocycles. The molecule has 3 amide bonds. The van der Waals surface area contributed by atoms with Crippen molar-refractivity contribution < 1.29 is 19.1 Å². The van der Waals surface area contributed by atoms with Gasteiger partial charge in [-0.15, -0.1) is 0 Å². The van der Waals surface area contributed by atoms with E-state index in [9.17, 15) is 9.59 Å². The predicted molar refractivity (Wildman–Crippen MR) is 98.2 cm³/mol. The van der Waals surface area contributed by atoms with Crippen LogP contribution in [0.15, 0.2) is 24.3 Å². The number of para-hydroxylation sites is 1. The molecule has 27 heavy (non-hydrogen) atoms. The molecule has 3 heterocycles. The first-order valence-corrected chi connectivity index (χ1v) is 9.23. The number of piperidine rings is 1. The van der Waals surface area contributed by atoms with E-state index < -0.39 is 0 Å². The van der Waals surface area contributed by atoms with Gasteiger partial charge in [0, 0.05) is 26.2 Å². The smallest absolute Gasteiger partial charge is 0.320 e. The van der Waals surface area contributed by atoms with Crippen molar-refractivity contribution in [2.75, 3.05) is 39.9 Å². The minimum Gasteiger partial charge on any atom is -0.495 e. The molecule has 1 N–H and O–H groups in total. The molecule has 0 bridgehead atoms. The van der Waals surface area contributed by atoms with Gasteiger partial charge >= 0.3 is 6.03 Å². The van der Waals surface area contributed by atoms with Crippen LogP contribution in [0.2, 0.25) is 0 Å². The normalized spacial score (nSPS) is 24.9. The van der Waals surface area contributed by atoms with Crippen LogP contribution < -0.4 is 10.1 Å². The van der Waals surface area contributed by atoms with Crippen molar-refractivity contribution in [2.45, 2.75) is 18.6 Å². The second-order valence-electron chi connectivity index (χ2n) is 7.11. The van der Waals surface area contributed by atoms with Crippen molar-refractivity contribution >= 4 is 11.9 Å². The summed E-state index contributed by atoms with van der Waals surface area (Å²) in [6.07, 6.45) is 0.768. The lowest BCUT2D eigenvalue weighted by Crippen LogP contribution is -2.64. The van der Waals surface area contributed by atoms with Crippen LogP contribution in [0.25, 0.3) is 0 Å². The number of hydrogen-bond donors (Lipinski definition) is 1. The number of morpholine rings is 1. The third kappa shape index (κ3) is 3.71. The molecule has 3 fully saturated rings. The standard InChI is InChI=1S/C20H23N3O4/c1-26-17-5-3-2-4-15(17)7-6-14-10-23(11-14)20(25)22-9-8-18-16(12-22)21-19(24)13-27-18/h2-5,14,16,18H,8-13H2,1H3,(H,21,24)/t16-,18+/m1/s1. The molecule has 0 unspecified atom stereocenters. The van der Waals surface area contributed by atoms with E-state index in [4.69, 9.17) is 9.47 Å². The summed E-state index contributed by atoms with van der Waals surface area (Å²) in [6.45, 7) is 2.55. The van der Waals surface area contributed by atoms with Gasteiger partial charge in [-0.3, -0.25) is 4.79 Å². The zero-order valence-corrected chi connectivity index (χ0v) is 15.3. The summed E-state index contributed by atoms with van der Waals surface area (Å²) in [6, 6.07) is 7.57. The predicted octanol–water partition coefficient (Wildman–Crippen LogP) is 0.688. The van der Waals surface area contributed by atoms with Crippen molar-refractivity contribution in [1.82, 2.24) is 15.1 Å². The Morgan fingerprint density at radius 2 is 2.07 bits per heavy atom. The topological polar surface area (TPSA) is 71.1 Å². The second kappa shape index (κ2) is 7.49. The Morgan fingerprint density at radius 1 is 1.26 bits per heavy atom. The molecule has 0 radical (unpaired) electrons. The van der Waals surface area contributed by atoms with Gasteiger partial charge in [-0.25, -0.2) is 4.79 Å². The lowest BCUT2D eigenvalue weighted by molar-refractivity contribution is -0.139. The van der Waals surface area contributed by atoms with Crippen molar-refractivity contribution in [3.05, 3.63) is 29.8 Å². The van der Waals surface area contributed by atoms with Gasteiger partial charge in [0.15, 0.2) is 0 Å². The number of rotatable bonds is 1. The van der Waals surface area contributed by atoms with Crippen molar-refractivity contribution in [3.8, 4) is 17.6 Å². The Hall–Kier alpha value is -2.72. The Bertz CT molecular complexity index is 794. The molecule has 0 aromatic heterocycles. The minimum absolute atomic E-state index is 0.0163. The number of fused-ring (bicyclic) bond motifs is 1. The molecule has 0 aliphatic carbocycles. The number of amides is 3. The van der Waals surface area contributed by atoms with E-state index in [1.165, 1.54) is 0 Å². The largest absolute Gasteiger partial charge is 0.495 e. The van der Waals surface area contributed by atoms with Crippen LogP contribution in [0.1, 0.15) is 12.0 Å². The molecule has 1 aromatic rings. The number of hydrogen-bond acceptors (Lipinski definition) is 4. The van der Waals surface area contributed by atoms with Gasteiger partial charge in [-0.2, -0.15) is 0 Å².